The highest BCUT2D eigenvalue weighted by atomic mass is 16.7. The third-order valence-corrected chi connectivity index (χ3v) is 6.35. The topological polar surface area (TPSA) is 45.5 Å². The molecule has 2 heterocycles. The number of hydrogen-bond acceptors (Lipinski definition) is 4. The molecular formula is C23H24N2O2. The van der Waals surface area contributed by atoms with Crippen molar-refractivity contribution in [2.75, 3.05) is 13.1 Å². The van der Waals surface area contributed by atoms with Gasteiger partial charge in [0.15, 0.2) is 0 Å². The second-order valence-electron chi connectivity index (χ2n) is 7.93. The molecule has 1 saturated carbocycles. The summed E-state index contributed by atoms with van der Waals surface area (Å²) in [6.07, 6.45) is 5.99. The van der Waals surface area contributed by atoms with Crippen LogP contribution in [0.15, 0.2) is 42.5 Å². The Morgan fingerprint density at radius 1 is 1.00 bits per heavy atom. The second kappa shape index (κ2) is 6.67. The predicted octanol–water partition coefficient (Wildman–Crippen LogP) is 4.48. The molecule has 4 nitrogen and oxygen atoms in total. The molecule has 3 aliphatic rings. The van der Waals surface area contributed by atoms with Crippen LogP contribution >= 0.6 is 0 Å². The molecule has 5 rings (SSSR count). The highest BCUT2D eigenvalue weighted by Crippen LogP contribution is 2.40. The number of ether oxygens (including phenoxy) is 2. The summed E-state index contributed by atoms with van der Waals surface area (Å²) in [5, 5.41) is 8.96. The Morgan fingerprint density at radius 2 is 1.74 bits per heavy atom. The molecule has 0 unspecified atom stereocenters. The number of rotatable bonds is 2. The maximum Gasteiger partial charge on any atom is 0.213 e. The monoisotopic (exact) mass is 360 g/mol. The van der Waals surface area contributed by atoms with Crippen molar-refractivity contribution in [2.45, 2.75) is 50.5 Å². The number of nitriles is 1. The summed E-state index contributed by atoms with van der Waals surface area (Å²) >= 11 is 0. The lowest BCUT2D eigenvalue weighted by atomic mass is 9.89. The first-order chi connectivity index (χ1) is 13.2. The Labute approximate surface area is 160 Å². The SMILES string of the molecule is N#Cc1ccc(-c2ccc3c(c2)COC2(CCN(C4CCC4)CC2)O3)cc1. The number of piperidine rings is 1. The van der Waals surface area contributed by atoms with Gasteiger partial charge in [-0.15, -0.1) is 0 Å². The van der Waals surface area contributed by atoms with Crippen LogP contribution in [-0.2, 0) is 11.3 Å². The summed E-state index contributed by atoms with van der Waals surface area (Å²) in [5.41, 5.74) is 4.01. The zero-order chi connectivity index (χ0) is 18.3. The van der Waals surface area contributed by atoms with E-state index in [4.69, 9.17) is 14.7 Å². The molecule has 0 radical (unpaired) electrons. The molecule has 4 heteroatoms. The van der Waals surface area contributed by atoms with Crippen molar-refractivity contribution in [3.05, 3.63) is 53.6 Å². The first-order valence-electron chi connectivity index (χ1n) is 9.95. The maximum absolute atomic E-state index is 8.96. The molecule has 0 aromatic heterocycles. The summed E-state index contributed by atoms with van der Waals surface area (Å²) < 4.78 is 12.6. The van der Waals surface area contributed by atoms with E-state index < -0.39 is 5.79 Å². The molecule has 0 bridgehead atoms. The molecule has 1 saturated heterocycles. The van der Waals surface area contributed by atoms with Crippen LogP contribution in [0.25, 0.3) is 11.1 Å². The van der Waals surface area contributed by atoms with Gasteiger partial charge in [0, 0.05) is 37.5 Å². The zero-order valence-electron chi connectivity index (χ0n) is 15.5. The van der Waals surface area contributed by atoms with Gasteiger partial charge < -0.3 is 9.47 Å². The normalized spacial score (nSPS) is 21.7. The van der Waals surface area contributed by atoms with Gasteiger partial charge in [-0.1, -0.05) is 24.6 Å². The Morgan fingerprint density at radius 3 is 2.41 bits per heavy atom. The molecule has 1 aliphatic carbocycles. The Bertz CT molecular complexity index is 872. The quantitative estimate of drug-likeness (QED) is 0.792. The van der Waals surface area contributed by atoms with Crippen LogP contribution in [0.5, 0.6) is 5.75 Å². The summed E-state index contributed by atoms with van der Waals surface area (Å²) in [4.78, 5) is 2.62. The lowest BCUT2D eigenvalue weighted by Gasteiger charge is -2.47. The van der Waals surface area contributed by atoms with Crippen LogP contribution in [0.1, 0.15) is 43.2 Å². The molecule has 138 valence electrons. The zero-order valence-corrected chi connectivity index (χ0v) is 15.5. The van der Waals surface area contributed by atoms with Crippen molar-refractivity contribution in [1.29, 1.82) is 5.26 Å². The van der Waals surface area contributed by atoms with Crippen LogP contribution < -0.4 is 4.74 Å². The molecule has 0 N–H and O–H groups in total. The van der Waals surface area contributed by atoms with Gasteiger partial charge in [0.2, 0.25) is 5.79 Å². The Kier molecular flexibility index (Phi) is 4.15. The Balaban J connectivity index is 1.31. The van der Waals surface area contributed by atoms with Crippen molar-refractivity contribution in [3.63, 3.8) is 0 Å². The van der Waals surface area contributed by atoms with Gasteiger partial charge >= 0.3 is 0 Å². The van der Waals surface area contributed by atoms with Crippen LogP contribution in [0, 0.1) is 11.3 Å². The third-order valence-electron chi connectivity index (χ3n) is 6.35. The number of fused-ring (bicyclic) bond motifs is 1. The van der Waals surface area contributed by atoms with Crippen LogP contribution in [0.2, 0.25) is 0 Å². The maximum atomic E-state index is 8.96. The molecule has 1 spiro atoms. The summed E-state index contributed by atoms with van der Waals surface area (Å²) in [6.45, 7) is 2.75. The largest absolute Gasteiger partial charge is 0.462 e. The minimum Gasteiger partial charge on any atom is -0.462 e. The van der Waals surface area contributed by atoms with Gasteiger partial charge in [-0.3, -0.25) is 4.90 Å². The van der Waals surface area contributed by atoms with Gasteiger partial charge in [-0.2, -0.15) is 5.26 Å². The van der Waals surface area contributed by atoms with Crippen molar-refractivity contribution < 1.29 is 9.47 Å². The van der Waals surface area contributed by atoms with Gasteiger partial charge in [-0.25, -0.2) is 0 Å². The van der Waals surface area contributed by atoms with Crippen LogP contribution in [0.4, 0.5) is 0 Å². The van der Waals surface area contributed by atoms with Gasteiger partial charge in [0.25, 0.3) is 0 Å². The standard InChI is InChI=1S/C23H24N2O2/c24-15-17-4-6-18(7-5-17)19-8-9-22-20(14-19)16-26-23(27-22)10-12-25(13-11-23)21-2-1-3-21/h4-9,14,21H,1-3,10-13,16H2. The van der Waals surface area contributed by atoms with Crippen molar-refractivity contribution in [1.82, 2.24) is 4.90 Å². The average molecular weight is 360 g/mol. The lowest BCUT2D eigenvalue weighted by molar-refractivity contribution is -0.231. The Hall–Kier alpha value is -2.35. The fourth-order valence-corrected chi connectivity index (χ4v) is 4.38. The highest BCUT2D eigenvalue weighted by molar-refractivity contribution is 5.66. The first kappa shape index (κ1) is 16.8. The first-order valence-corrected chi connectivity index (χ1v) is 9.95. The van der Waals surface area contributed by atoms with E-state index in [0.717, 1.165) is 54.4 Å². The third kappa shape index (κ3) is 3.12. The number of hydrogen-bond donors (Lipinski definition) is 0. The van der Waals surface area contributed by atoms with E-state index in [-0.39, 0.29) is 0 Å². The van der Waals surface area contributed by atoms with E-state index in [1.165, 1.54) is 19.3 Å². The lowest BCUT2D eigenvalue weighted by Crippen LogP contribution is -2.54. The molecule has 27 heavy (non-hydrogen) atoms. The number of nitrogens with zero attached hydrogens (tertiary/aromatic N) is 2. The van der Waals surface area contributed by atoms with Crippen LogP contribution in [0.3, 0.4) is 0 Å². The molecule has 2 aromatic rings. The van der Waals surface area contributed by atoms with Crippen LogP contribution in [-0.4, -0.2) is 29.8 Å². The van der Waals surface area contributed by atoms with Gasteiger partial charge in [-0.05, 0) is 48.2 Å². The van der Waals surface area contributed by atoms with E-state index in [1.54, 1.807) is 0 Å². The van der Waals surface area contributed by atoms with Gasteiger partial charge in [0.05, 0.1) is 18.2 Å². The van der Waals surface area contributed by atoms with Crippen molar-refractivity contribution >= 4 is 0 Å². The van der Waals surface area contributed by atoms with E-state index >= 15 is 0 Å². The number of likely N-dealkylation sites (tertiary alicyclic amines) is 1. The fourth-order valence-electron chi connectivity index (χ4n) is 4.38. The predicted molar refractivity (Wildman–Crippen MR) is 103 cm³/mol. The number of benzene rings is 2. The summed E-state index contributed by atoms with van der Waals surface area (Å²) in [7, 11) is 0. The smallest absolute Gasteiger partial charge is 0.213 e. The fraction of sp³-hybridized carbons (Fsp3) is 0.435. The molecule has 2 fully saturated rings. The summed E-state index contributed by atoms with van der Waals surface area (Å²) in [6, 6.07) is 17.0. The van der Waals surface area contributed by atoms with E-state index in [1.807, 2.05) is 24.3 Å². The van der Waals surface area contributed by atoms with Gasteiger partial charge in [0.1, 0.15) is 5.75 Å². The molecule has 0 atom stereocenters. The van der Waals surface area contributed by atoms with E-state index in [2.05, 4.69) is 29.2 Å². The molecule has 2 aromatic carbocycles. The molecule has 0 amide bonds. The minimum absolute atomic E-state index is 0.441. The summed E-state index contributed by atoms with van der Waals surface area (Å²) in [5.74, 6) is 0.513. The van der Waals surface area contributed by atoms with Crippen molar-refractivity contribution in [2.24, 2.45) is 0 Å². The van der Waals surface area contributed by atoms with E-state index in [9.17, 15) is 0 Å². The minimum atomic E-state index is -0.441. The molecule has 2 aliphatic heterocycles. The highest BCUT2D eigenvalue weighted by Gasteiger charge is 2.42. The average Bonchev–Trinajstić information content (AvgIpc) is 2.68. The second-order valence-corrected chi connectivity index (χ2v) is 7.93. The molecular weight excluding hydrogens is 336 g/mol. The van der Waals surface area contributed by atoms with Crippen molar-refractivity contribution in [3.8, 4) is 22.9 Å². The van der Waals surface area contributed by atoms with E-state index in [0.29, 0.717) is 12.2 Å².